The summed E-state index contributed by atoms with van der Waals surface area (Å²) >= 11 is 0. The smallest absolute Gasteiger partial charge is 0.238 e. The molecule has 1 N–H and O–H groups in total. The van der Waals surface area contributed by atoms with Crippen LogP contribution in [0.2, 0.25) is 0 Å². The summed E-state index contributed by atoms with van der Waals surface area (Å²) in [5.41, 5.74) is 2.11. The van der Waals surface area contributed by atoms with E-state index in [1.54, 1.807) is 24.3 Å². The first-order valence-corrected chi connectivity index (χ1v) is 6.70. The minimum absolute atomic E-state index is 0.0600. The van der Waals surface area contributed by atoms with Crippen molar-refractivity contribution in [1.82, 2.24) is 4.90 Å². The van der Waals surface area contributed by atoms with Gasteiger partial charge < -0.3 is 5.32 Å². The molecule has 0 aliphatic heterocycles. The van der Waals surface area contributed by atoms with Crippen molar-refractivity contribution in [2.75, 3.05) is 25.0 Å². The Balaban J connectivity index is 2.71. The molecular formula is C16H22N2O2. The third-order valence-corrected chi connectivity index (χ3v) is 2.89. The van der Waals surface area contributed by atoms with Crippen LogP contribution >= 0.6 is 0 Å². The lowest BCUT2D eigenvalue weighted by Gasteiger charge is -2.20. The molecule has 0 saturated heterocycles. The fraction of sp³-hybridized carbons (Fsp3) is 0.375. The van der Waals surface area contributed by atoms with Crippen LogP contribution in [0.25, 0.3) is 0 Å². The van der Waals surface area contributed by atoms with Crippen molar-refractivity contribution in [3.05, 3.63) is 42.0 Å². The molecule has 0 aliphatic rings. The van der Waals surface area contributed by atoms with Crippen LogP contribution in [0.4, 0.5) is 5.69 Å². The van der Waals surface area contributed by atoms with Crippen LogP contribution in [-0.2, 0) is 4.79 Å². The molecule has 0 unspecified atom stereocenters. The second-order valence-corrected chi connectivity index (χ2v) is 4.91. The minimum Gasteiger partial charge on any atom is -0.324 e. The molecule has 1 amide bonds. The van der Waals surface area contributed by atoms with E-state index in [1.165, 1.54) is 6.92 Å². The SMILES string of the molecule is C=C(C)CN(CC)CC(=O)Nc1ccccc1C(C)=O. The number of nitrogens with zero attached hydrogens (tertiary/aromatic N) is 1. The quantitative estimate of drug-likeness (QED) is 0.614. The summed E-state index contributed by atoms with van der Waals surface area (Å²) in [5.74, 6) is -0.183. The minimum atomic E-state index is -0.123. The third-order valence-electron chi connectivity index (χ3n) is 2.89. The van der Waals surface area contributed by atoms with Gasteiger partial charge in [-0.15, -0.1) is 0 Å². The zero-order chi connectivity index (χ0) is 15.1. The fourth-order valence-electron chi connectivity index (χ4n) is 1.95. The van der Waals surface area contributed by atoms with Crippen LogP contribution in [0, 0.1) is 0 Å². The molecule has 0 heterocycles. The Bertz CT molecular complexity index is 509. The number of carbonyl (C=O) groups is 2. The van der Waals surface area contributed by atoms with E-state index in [9.17, 15) is 9.59 Å². The second kappa shape index (κ2) is 7.60. The number of anilines is 1. The molecule has 20 heavy (non-hydrogen) atoms. The van der Waals surface area contributed by atoms with Crippen molar-refractivity contribution in [2.45, 2.75) is 20.8 Å². The van der Waals surface area contributed by atoms with E-state index >= 15 is 0 Å². The van der Waals surface area contributed by atoms with Crippen LogP contribution in [0.15, 0.2) is 36.4 Å². The molecule has 0 atom stereocenters. The van der Waals surface area contributed by atoms with Gasteiger partial charge >= 0.3 is 0 Å². The largest absolute Gasteiger partial charge is 0.324 e. The monoisotopic (exact) mass is 274 g/mol. The maximum absolute atomic E-state index is 12.0. The normalized spacial score (nSPS) is 10.4. The van der Waals surface area contributed by atoms with Crippen LogP contribution in [0.5, 0.6) is 0 Å². The van der Waals surface area contributed by atoms with E-state index < -0.39 is 0 Å². The van der Waals surface area contributed by atoms with Gasteiger partial charge in [0.15, 0.2) is 5.78 Å². The maximum Gasteiger partial charge on any atom is 0.238 e. The number of rotatable bonds is 7. The number of Topliss-reactive ketones (excluding diaryl/α,β-unsaturated/α-hetero) is 1. The van der Waals surface area contributed by atoms with Gasteiger partial charge in [-0.1, -0.05) is 31.2 Å². The molecule has 4 heteroatoms. The Morgan fingerprint density at radius 2 is 1.85 bits per heavy atom. The summed E-state index contributed by atoms with van der Waals surface area (Å²) in [6, 6.07) is 7.03. The summed E-state index contributed by atoms with van der Waals surface area (Å²) in [6.45, 7) is 11.0. The van der Waals surface area contributed by atoms with Gasteiger partial charge in [0, 0.05) is 12.1 Å². The first-order valence-electron chi connectivity index (χ1n) is 6.70. The molecule has 0 aromatic heterocycles. The van der Waals surface area contributed by atoms with E-state index in [0.29, 0.717) is 17.8 Å². The molecule has 4 nitrogen and oxygen atoms in total. The van der Waals surface area contributed by atoms with Gasteiger partial charge in [-0.2, -0.15) is 0 Å². The number of benzene rings is 1. The fourth-order valence-corrected chi connectivity index (χ4v) is 1.95. The van der Waals surface area contributed by atoms with Crippen molar-refractivity contribution >= 4 is 17.4 Å². The maximum atomic E-state index is 12.0. The van der Waals surface area contributed by atoms with Crippen LogP contribution in [0.1, 0.15) is 31.1 Å². The summed E-state index contributed by atoms with van der Waals surface area (Å²) < 4.78 is 0. The highest BCUT2D eigenvalue weighted by molar-refractivity contribution is 6.04. The number of para-hydroxylation sites is 1. The van der Waals surface area contributed by atoms with Crippen molar-refractivity contribution < 1.29 is 9.59 Å². The van der Waals surface area contributed by atoms with Gasteiger partial charge in [0.25, 0.3) is 0 Å². The van der Waals surface area contributed by atoms with Gasteiger partial charge in [0.1, 0.15) is 0 Å². The molecule has 0 saturated carbocycles. The van der Waals surface area contributed by atoms with E-state index in [2.05, 4.69) is 11.9 Å². The number of amides is 1. The molecule has 1 rings (SSSR count). The standard InChI is InChI=1S/C16H22N2O2/c1-5-18(10-12(2)3)11-16(20)17-15-9-7-6-8-14(15)13(4)19/h6-9H,2,5,10-11H2,1,3-4H3,(H,17,20). The van der Waals surface area contributed by atoms with Crippen molar-refractivity contribution in [1.29, 1.82) is 0 Å². The third kappa shape index (κ3) is 4.97. The average molecular weight is 274 g/mol. The predicted molar refractivity (Wildman–Crippen MR) is 82.0 cm³/mol. The van der Waals surface area contributed by atoms with Crippen molar-refractivity contribution in [2.24, 2.45) is 0 Å². The summed E-state index contributed by atoms with van der Waals surface area (Å²) in [7, 11) is 0. The lowest BCUT2D eigenvalue weighted by atomic mass is 10.1. The lowest BCUT2D eigenvalue weighted by Crippen LogP contribution is -2.34. The lowest BCUT2D eigenvalue weighted by molar-refractivity contribution is -0.117. The number of nitrogens with one attached hydrogen (secondary N) is 1. The Kier molecular flexibility index (Phi) is 6.12. The van der Waals surface area contributed by atoms with Crippen LogP contribution in [0.3, 0.4) is 0 Å². The Labute approximate surface area is 120 Å². The molecule has 0 radical (unpaired) electrons. The Morgan fingerprint density at radius 1 is 1.20 bits per heavy atom. The van der Waals surface area contributed by atoms with E-state index in [4.69, 9.17) is 0 Å². The number of ketones is 1. The van der Waals surface area contributed by atoms with E-state index in [-0.39, 0.29) is 18.2 Å². The highest BCUT2D eigenvalue weighted by atomic mass is 16.2. The number of likely N-dealkylation sites (N-methyl/N-ethyl adjacent to an activating group) is 1. The molecule has 0 fully saturated rings. The van der Waals surface area contributed by atoms with E-state index in [0.717, 1.165) is 12.1 Å². The van der Waals surface area contributed by atoms with E-state index in [1.807, 2.05) is 18.7 Å². The zero-order valence-electron chi connectivity index (χ0n) is 12.4. The van der Waals surface area contributed by atoms with Gasteiger partial charge in [-0.05, 0) is 32.5 Å². The molecule has 0 bridgehead atoms. The highest BCUT2D eigenvalue weighted by Crippen LogP contribution is 2.15. The molecule has 0 spiro atoms. The van der Waals surface area contributed by atoms with Gasteiger partial charge in [0.05, 0.1) is 12.2 Å². The van der Waals surface area contributed by atoms with Crippen LogP contribution < -0.4 is 5.32 Å². The zero-order valence-corrected chi connectivity index (χ0v) is 12.4. The second-order valence-electron chi connectivity index (χ2n) is 4.91. The van der Waals surface area contributed by atoms with Crippen molar-refractivity contribution in [3.8, 4) is 0 Å². The molecular weight excluding hydrogens is 252 g/mol. The van der Waals surface area contributed by atoms with Gasteiger partial charge in [-0.25, -0.2) is 0 Å². The van der Waals surface area contributed by atoms with Crippen molar-refractivity contribution in [3.63, 3.8) is 0 Å². The summed E-state index contributed by atoms with van der Waals surface area (Å²) in [5, 5.41) is 2.80. The van der Waals surface area contributed by atoms with Gasteiger partial charge in [0.2, 0.25) is 5.91 Å². The molecule has 0 aliphatic carbocycles. The first kappa shape index (κ1) is 16.1. The Hall–Kier alpha value is -1.94. The number of hydrogen-bond acceptors (Lipinski definition) is 3. The number of carbonyl (C=O) groups excluding carboxylic acids is 2. The summed E-state index contributed by atoms with van der Waals surface area (Å²) in [6.07, 6.45) is 0. The molecule has 1 aromatic carbocycles. The summed E-state index contributed by atoms with van der Waals surface area (Å²) in [4.78, 5) is 25.5. The predicted octanol–water partition coefficient (Wildman–Crippen LogP) is 2.73. The highest BCUT2D eigenvalue weighted by Gasteiger charge is 2.12. The first-order chi connectivity index (χ1) is 9.43. The number of hydrogen-bond donors (Lipinski definition) is 1. The van der Waals surface area contributed by atoms with Gasteiger partial charge in [-0.3, -0.25) is 14.5 Å². The Morgan fingerprint density at radius 3 is 2.40 bits per heavy atom. The van der Waals surface area contributed by atoms with Crippen LogP contribution in [-0.4, -0.2) is 36.2 Å². The molecule has 108 valence electrons. The average Bonchev–Trinajstić information content (AvgIpc) is 2.37. The molecule has 1 aromatic rings. The topological polar surface area (TPSA) is 49.4 Å².